The minimum Gasteiger partial charge on any atom is -0.496 e. The molecular formula is C32H39F2N3O3. The van der Waals surface area contributed by atoms with Crippen molar-refractivity contribution in [1.29, 1.82) is 0 Å². The second-order valence-corrected chi connectivity index (χ2v) is 11.4. The first-order valence-electron chi connectivity index (χ1n) is 14.4. The number of benzene rings is 2. The molecule has 3 aromatic rings. The Bertz CT molecular complexity index is 1290. The van der Waals surface area contributed by atoms with Crippen LogP contribution in [-0.4, -0.2) is 40.6 Å². The summed E-state index contributed by atoms with van der Waals surface area (Å²) in [7, 11) is 1.70. The van der Waals surface area contributed by atoms with Crippen LogP contribution >= 0.6 is 0 Å². The Labute approximate surface area is 235 Å². The quantitative estimate of drug-likeness (QED) is 0.324. The molecule has 2 aliphatic carbocycles. The average molecular weight is 552 g/mol. The highest BCUT2D eigenvalue weighted by molar-refractivity contribution is 5.95. The van der Waals surface area contributed by atoms with E-state index in [-0.39, 0.29) is 17.9 Å². The van der Waals surface area contributed by atoms with E-state index in [0.29, 0.717) is 54.3 Å². The van der Waals surface area contributed by atoms with Gasteiger partial charge in [-0.15, -0.1) is 0 Å². The molecule has 0 spiro atoms. The molecule has 40 heavy (non-hydrogen) atoms. The van der Waals surface area contributed by atoms with Crippen LogP contribution in [0.2, 0.25) is 0 Å². The predicted octanol–water partition coefficient (Wildman–Crippen LogP) is 7.12. The number of alkyl halides is 2. The summed E-state index contributed by atoms with van der Waals surface area (Å²) >= 11 is 0. The molecule has 214 valence electrons. The molecule has 0 aliphatic heterocycles. The van der Waals surface area contributed by atoms with Gasteiger partial charge in [-0.2, -0.15) is 13.9 Å². The van der Waals surface area contributed by atoms with Crippen LogP contribution in [0.1, 0.15) is 75.0 Å². The summed E-state index contributed by atoms with van der Waals surface area (Å²) < 4.78 is 32.3. The lowest BCUT2D eigenvalue weighted by molar-refractivity contribution is -0.124. The Balaban J connectivity index is 1.33. The SMILES string of the molecule is COc1ccc(C2CCC(CN(C(=O)C3CCC(O)CC3)c3cccc(-c4cnn(C(F)F)c4)c3)CC2)cc1C. The third-order valence-corrected chi connectivity index (χ3v) is 8.78. The van der Waals surface area contributed by atoms with Crippen LogP contribution < -0.4 is 9.64 Å². The lowest BCUT2D eigenvalue weighted by atomic mass is 9.78. The summed E-state index contributed by atoms with van der Waals surface area (Å²) in [5.74, 6) is 1.76. The fourth-order valence-electron chi connectivity index (χ4n) is 6.41. The van der Waals surface area contributed by atoms with Crippen LogP contribution in [0.5, 0.6) is 5.75 Å². The predicted molar refractivity (Wildman–Crippen MR) is 152 cm³/mol. The molecule has 0 radical (unpaired) electrons. The van der Waals surface area contributed by atoms with Crippen LogP contribution in [0.25, 0.3) is 11.1 Å². The standard InChI is InChI=1S/C32H39F2N3O3/c1-21-16-26(12-15-30(21)40-2)23-8-6-22(7-9-23)19-36(31(39)24-10-13-29(38)14-11-24)28-5-3-4-25(17-28)27-18-35-37(20-27)32(33)34/h3-5,12,15-18,20,22-24,29,32,38H,6-11,13-14,19H2,1-2H3. The van der Waals surface area contributed by atoms with Crippen LogP contribution in [0.15, 0.2) is 54.9 Å². The number of ether oxygens (including phenoxy) is 1. The first-order chi connectivity index (χ1) is 19.3. The van der Waals surface area contributed by atoms with Gasteiger partial charge < -0.3 is 14.7 Å². The molecule has 1 amide bonds. The van der Waals surface area contributed by atoms with Crippen molar-refractivity contribution in [3.05, 3.63) is 66.0 Å². The zero-order valence-corrected chi connectivity index (χ0v) is 23.3. The first kappa shape index (κ1) is 28.3. The van der Waals surface area contributed by atoms with Crippen LogP contribution in [0.4, 0.5) is 14.5 Å². The average Bonchev–Trinajstić information content (AvgIpc) is 3.47. The van der Waals surface area contributed by atoms with E-state index in [1.54, 1.807) is 7.11 Å². The van der Waals surface area contributed by atoms with Gasteiger partial charge in [0.2, 0.25) is 5.91 Å². The number of hydrogen-bond donors (Lipinski definition) is 1. The van der Waals surface area contributed by atoms with Crippen molar-refractivity contribution in [2.75, 3.05) is 18.6 Å². The number of aliphatic hydroxyl groups excluding tert-OH is 1. The molecule has 8 heteroatoms. The van der Waals surface area contributed by atoms with E-state index in [9.17, 15) is 18.7 Å². The summed E-state index contributed by atoms with van der Waals surface area (Å²) in [6.45, 7) is 0.00830. The van der Waals surface area contributed by atoms with Crippen LogP contribution in [0.3, 0.4) is 0 Å². The Morgan fingerprint density at radius 2 is 1.80 bits per heavy atom. The number of carbonyl (C=O) groups is 1. The lowest BCUT2D eigenvalue weighted by Crippen LogP contribution is -2.41. The maximum absolute atomic E-state index is 13.9. The van der Waals surface area contributed by atoms with Crippen molar-refractivity contribution in [2.24, 2.45) is 11.8 Å². The van der Waals surface area contributed by atoms with E-state index in [0.717, 1.165) is 48.2 Å². The number of anilines is 1. The van der Waals surface area contributed by atoms with Gasteiger partial charge in [0, 0.05) is 29.9 Å². The van der Waals surface area contributed by atoms with Crippen molar-refractivity contribution in [1.82, 2.24) is 9.78 Å². The molecule has 2 fully saturated rings. The van der Waals surface area contributed by atoms with Gasteiger partial charge in [-0.3, -0.25) is 4.79 Å². The highest BCUT2D eigenvalue weighted by atomic mass is 19.3. The molecule has 5 rings (SSSR count). The van der Waals surface area contributed by atoms with Gasteiger partial charge in [-0.1, -0.05) is 24.3 Å². The number of aryl methyl sites for hydroxylation is 1. The normalized spacial score (nSPS) is 23.2. The van der Waals surface area contributed by atoms with E-state index in [1.165, 1.54) is 18.0 Å². The third kappa shape index (κ3) is 6.38. The van der Waals surface area contributed by atoms with Gasteiger partial charge in [0.25, 0.3) is 0 Å². The Morgan fingerprint density at radius 1 is 1.05 bits per heavy atom. The first-order valence-corrected chi connectivity index (χ1v) is 14.4. The number of nitrogens with zero attached hydrogens (tertiary/aromatic N) is 3. The highest BCUT2D eigenvalue weighted by Crippen LogP contribution is 2.39. The third-order valence-electron chi connectivity index (χ3n) is 8.78. The molecule has 2 aromatic carbocycles. The minimum atomic E-state index is -2.70. The molecule has 2 saturated carbocycles. The topological polar surface area (TPSA) is 67.6 Å². The molecule has 1 heterocycles. The molecular weight excluding hydrogens is 512 g/mol. The number of hydrogen-bond acceptors (Lipinski definition) is 4. The molecule has 0 atom stereocenters. The fourth-order valence-corrected chi connectivity index (χ4v) is 6.41. The minimum absolute atomic E-state index is 0.0974. The van der Waals surface area contributed by atoms with Gasteiger partial charge >= 0.3 is 6.55 Å². The van der Waals surface area contributed by atoms with E-state index in [1.807, 2.05) is 29.2 Å². The van der Waals surface area contributed by atoms with Gasteiger partial charge in [0.1, 0.15) is 5.75 Å². The monoisotopic (exact) mass is 551 g/mol. The van der Waals surface area contributed by atoms with Crippen molar-refractivity contribution < 1.29 is 23.4 Å². The molecule has 0 saturated heterocycles. The highest BCUT2D eigenvalue weighted by Gasteiger charge is 2.32. The summed E-state index contributed by atoms with van der Waals surface area (Å²) in [4.78, 5) is 15.8. The molecule has 1 N–H and O–H groups in total. The van der Waals surface area contributed by atoms with Crippen molar-refractivity contribution in [3.8, 4) is 16.9 Å². The second-order valence-electron chi connectivity index (χ2n) is 11.4. The number of halogens is 2. The lowest BCUT2D eigenvalue weighted by Gasteiger charge is -2.36. The Hall–Kier alpha value is -3.26. The number of rotatable bonds is 8. The number of aromatic nitrogens is 2. The van der Waals surface area contributed by atoms with Crippen LogP contribution in [0, 0.1) is 18.8 Å². The van der Waals surface area contributed by atoms with E-state index < -0.39 is 6.55 Å². The second kappa shape index (κ2) is 12.5. The molecule has 0 bridgehead atoms. The maximum Gasteiger partial charge on any atom is 0.333 e. The zero-order chi connectivity index (χ0) is 28.2. The van der Waals surface area contributed by atoms with Gasteiger partial charge in [-0.05, 0) is 105 Å². The number of methoxy groups -OCH3 is 1. The van der Waals surface area contributed by atoms with E-state index in [4.69, 9.17) is 4.74 Å². The van der Waals surface area contributed by atoms with Gasteiger partial charge in [0.05, 0.1) is 19.4 Å². The molecule has 1 aromatic heterocycles. The van der Waals surface area contributed by atoms with Crippen molar-refractivity contribution in [3.63, 3.8) is 0 Å². The molecule has 0 unspecified atom stereocenters. The summed E-state index contributed by atoms with van der Waals surface area (Å²) in [5, 5.41) is 13.8. The van der Waals surface area contributed by atoms with E-state index >= 15 is 0 Å². The largest absolute Gasteiger partial charge is 0.496 e. The van der Waals surface area contributed by atoms with E-state index in [2.05, 4.69) is 30.2 Å². The van der Waals surface area contributed by atoms with Gasteiger partial charge in [-0.25, -0.2) is 4.68 Å². The summed E-state index contributed by atoms with van der Waals surface area (Å²) in [5.41, 5.74) is 4.62. The smallest absolute Gasteiger partial charge is 0.333 e. The number of amides is 1. The zero-order valence-electron chi connectivity index (χ0n) is 23.3. The van der Waals surface area contributed by atoms with Gasteiger partial charge in [0.15, 0.2) is 0 Å². The molecule has 2 aliphatic rings. The Morgan fingerprint density at radius 3 is 2.45 bits per heavy atom. The maximum atomic E-state index is 13.9. The summed E-state index contributed by atoms with van der Waals surface area (Å²) in [6.07, 6.45) is 9.29. The fraction of sp³-hybridized carbons (Fsp3) is 0.500. The van der Waals surface area contributed by atoms with Crippen molar-refractivity contribution >= 4 is 11.6 Å². The van der Waals surface area contributed by atoms with Crippen molar-refractivity contribution in [2.45, 2.75) is 76.9 Å². The Kier molecular flexibility index (Phi) is 8.84. The molecule has 6 nitrogen and oxygen atoms in total. The van der Waals surface area contributed by atoms with Crippen LogP contribution in [-0.2, 0) is 4.79 Å². The summed E-state index contributed by atoms with van der Waals surface area (Å²) in [6, 6.07) is 14.0. The number of aliphatic hydroxyl groups is 1. The number of carbonyl (C=O) groups excluding carboxylic acids is 1.